The fraction of sp³-hybridized carbons (Fsp3) is 0.588. The SMILES string of the molecule is CCC(C)c1cc(C(C)C(=O)OCCOCCOCCOC(=O)C(C)c2cc(C)c(O)c(C(C)CC)c2)cc(C)c1O. The van der Waals surface area contributed by atoms with Gasteiger partial charge in [0.15, 0.2) is 0 Å². The molecule has 0 amide bonds. The quantitative estimate of drug-likeness (QED) is 0.154. The van der Waals surface area contributed by atoms with Crippen LogP contribution in [0.25, 0.3) is 0 Å². The Kier molecular flexibility index (Phi) is 14.3. The molecule has 0 saturated heterocycles. The van der Waals surface area contributed by atoms with Crippen LogP contribution in [0.5, 0.6) is 11.5 Å². The largest absolute Gasteiger partial charge is 0.507 e. The van der Waals surface area contributed by atoms with Gasteiger partial charge in [-0.15, -0.1) is 0 Å². The fourth-order valence-corrected chi connectivity index (χ4v) is 4.61. The number of hydrogen-bond donors (Lipinski definition) is 2. The molecule has 0 saturated carbocycles. The van der Waals surface area contributed by atoms with Gasteiger partial charge in [0.1, 0.15) is 24.7 Å². The Bertz CT molecular complexity index is 1080. The van der Waals surface area contributed by atoms with Crippen LogP contribution >= 0.6 is 0 Å². The van der Waals surface area contributed by atoms with Crippen LogP contribution in [0, 0.1) is 13.8 Å². The highest BCUT2D eigenvalue weighted by Gasteiger charge is 2.22. The van der Waals surface area contributed by atoms with Crippen molar-refractivity contribution in [1.29, 1.82) is 0 Å². The molecule has 0 spiro atoms. The molecule has 2 rings (SSSR count). The second-order valence-electron chi connectivity index (χ2n) is 11.2. The summed E-state index contributed by atoms with van der Waals surface area (Å²) in [6.45, 7) is 16.9. The molecule has 0 aromatic heterocycles. The summed E-state index contributed by atoms with van der Waals surface area (Å²) in [4.78, 5) is 25.1. The molecule has 4 atom stereocenters. The lowest BCUT2D eigenvalue weighted by molar-refractivity contribution is -0.148. The van der Waals surface area contributed by atoms with Crippen molar-refractivity contribution in [3.8, 4) is 11.5 Å². The van der Waals surface area contributed by atoms with Crippen molar-refractivity contribution >= 4 is 11.9 Å². The second-order valence-corrected chi connectivity index (χ2v) is 11.2. The zero-order valence-corrected chi connectivity index (χ0v) is 26.6. The van der Waals surface area contributed by atoms with Gasteiger partial charge < -0.3 is 29.2 Å². The van der Waals surface area contributed by atoms with Crippen molar-refractivity contribution in [2.24, 2.45) is 0 Å². The number of aryl methyl sites for hydroxylation is 2. The van der Waals surface area contributed by atoms with E-state index in [1.165, 1.54) is 0 Å². The highest BCUT2D eigenvalue weighted by molar-refractivity contribution is 5.78. The number of hydrogen-bond acceptors (Lipinski definition) is 8. The van der Waals surface area contributed by atoms with Crippen LogP contribution in [0.2, 0.25) is 0 Å². The van der Waals surface area contributed by atoms with Crippen LogP contribution in [0.3, 0.4) is 0 Å². The number of aromatic hydroxyl groups is 2. The van der Waals surface area contributed by atoms with Crippen LogP contribution in [-0.2, 0) is 28.5 Å². The van der Waals surface area contributed by atoms with E-state index in [4.69, 9.17) is 18.9 Å². The van der Waals surface area contributed by atoms with Crippen LogP contribution in [0.4, 0.5) is 0 Å². The van der Waals surface area contributed by atoms with Crippen LogP contribution < -0.4 is 0 Å². The summed E-state index contributed by atoms with van der Waals surface area (Å²) >= 11 is 0. The summed E-state index contributed by atoms with van der Waals surface area (Å²) in [7, 11) is 0. The molecule has 2 aromatic carbocycles. The Hall–Kier alpha value is -3.10. The number of benzene rings is 2. The molecule has 0 aliphatic carbocycles. The summed E-state index contributed by atoms with van der Waals surface area (Å²) in [6.07, 6.45) is 1.78. The molecule has 4 unspecified atom stereocenters. The predicted molar refractivity (Wildman–Crippen MR) is 163 cm³/mol. The topological polar surface area (TPSA) is 112 Å². The van der Waals surface area contributed by atoms with Crippen LogP contribution in [-0.4, -0.2) is 61.8 Å². The molecule has 0 aliphatic heterocycles. The third-order valence-electron chi connectivity index (χ3n) is 8.01. The number of carbonyl (C=O) groups excluding carboxylic acids is 2. The number of rotatable bonds is 17. The molecule has 42 heavy (non-hydrogen) atoms. The van der Waals surface area contributed by atoms with Crippen LogP contribution in [0.1, 0.15) is 111 Å². The summed E-state index contributed by atoms with van der Waals surface area (Å²) in [5, 5.41) is 20.8. The van der Waals surface area contributed by atoms with Gasteiger partial charge in [-0.05, 0) is 85.8 Å². The second kappa shape index (κ2) is 17.1. The normalized spacial score (nSPS) is 14.2. The molecule has 8 nitrogen and oxygen atoms in total. The minimum absolute atomic E-state index is 0.128. The Labute approximate surface area is 251 Å². The lowest BCUT2D eigenvalue weighted by Crippen LogP contribution is -2.19. The molecule has 8 heteroatoms. The first-order valence-corrected chi connectivity index (χ1v) is 15.1. The van der Waals surface area contributed by atoms with Crippen LogP contribution in [0.15, 0.2) is 24.3 Å². The van der Waals surface area contributed by atoms with E-state index < -0.39 is 11.8 Å². The molecule has 2 aromatic rings. The van der Waals surface area contributed by atoms with Gasteiger partial charge >= 0.3 is 11.9 Å². The molecule has 0 fully saturated rings. The van der Waals surface area contributed by atoms with Crippen molar-refractivity contribution in [3.63, 3.8) is 0 Å². The average Bonchev–Trinajstić information content (AvgIpc) is 2.98. The zero-order valence-electron chi connectivity index (χ0n) is 26.6. The van der Waals surface area contributed by atoms with Crippen molar-refractivity contribution < 1.29 is 38.7 Å². The Balaban J connectivity index is 1.65. The van der Waals surface area contributed by atoms with Gasteiger partial charge in [0.25, 0.3) is 0 Å². The molecule has 2 N–H and O–H groups in total. The maximum atomic E-state index is 12.6. The molecule has 234 valence electrons. The van der Waals surface area contributed by atoms with Gasteiger partial charge in [0.05, 0.1) is 38.3 Å². The predicted octanol–water partition coefficient (Wildman–Crippen LogP) is 6.77. The Morgan fingerprint density at radius 3 is 1.29 bits per heavy atom. The van der Waals surface area contributed by atoms with Crippen molar-refractivity contribution in [3.05, 3.63) is 57.6 Å². The Morgan fingerprint density at radius 1 is 0.619 bits per heavy atom. The maximum Gasteiger partial charge on any atom is 0.313 e. The van der Waals surface area contributed by atoms with Gasteiger partial charge in [0.2, 0.25) is 0 Å². The van der Waals surface area contributed by atoms with E-state index in [0.717, 1.165) is 46.2 Å². The maximum absolute atomic E-state index is 12.6. The lowest BCUT2D eigenvalue weighted by atomic mass is 9.90. The first-order valence-electron chi connectivity index (χ1n) is 15.1. The van der Waals surface area contributed by atoms with E-state index >= 15 is 0 Å². The van der Waals surface area contributed by atoms with Gasteiger partial charge in [-0.1, -0.05) is 52.0 Å². The summed E-state index contributed by atoms with van der Waals surface area (Å²) < 4.78 is 21.8. The minimum Gasteiger partial charge on any atom is -0.507 e. The summed E-state index contributed by atoms with van der Waals surface area (Å²) in [5.74, 6) is -0.642. The number of phenolic OH excluding ortho intramolecular Hbond substituents is 2. The van der Waals surface area contributed by atoms with Crippen molar-refractivity contribution in [2.75, 3.05) is 39.6 Å². The van der Waals surface area contributed by atoms with E-state index in [2.05, 4.69) is 27.7 Å². The Morgan fingerprint density at radius 2 is 0.952 bits per heavy atom. The minimum atomic E-state index is -0.458. The van der Waals surface area contributed by atoms with Gasteiger partial charge in [-0.2, -0.15) is 0 Å². The average molecular weight is 587 g/mol. The lowest BCUT2D eigenvalue weighted by Gasteiger charge is -2.18. The summed E-state index contributed by atoms with van der Waals surface area (Å²) in [5.41, 5.74) is 4.84. The highest BCUT2D eigenvalue weighted by atomic mass is 16.6. The number of esters is 2. The van der Waals surface area contributed by atoms with E-state index in [0.29, 0.717) is 13.2 Å². The standard InChI is InChI=1S/C34H50O8/c1-9-21(3)29-19-27(17-23(5)31(29)35)25(7)33(37)41-15-13-39-11-12-40-14-16-42-34(38)26(8)28-18-24(6)32(36)30(20-28)22(4)10-2/h17-22,25-26,35-36H,9-16H2,1-8H3. The van der Waals surface area contributed by atoms with E-state index in [1.807, 2.05) is 38.1 Å². The molecule has 0 heterocycles. The highest BCUT2D eigenvalue weighted by Crippen LogP contribution is 2.35. The van der Waals surface area contributed by atoms with Crippen molar-refractivity contribution in [2.45, 2.75) is 91.9 Å². The third-order valence-corrected chi connectivity index (χ3v) is 8.01. The van der Waals surface area contributed by atoms with E-state index in [1.54, 1.807) is 13.8 Å². The first-order chi connectivity index (χ1) is 19.9. The van der Waals surface area contributed by atoms with Gasteiger partial charge in [-0.25, -0.2) is 0 Å². The first kappa shape index (κ1) is 35.1. The van der Waals surface area contributed by atoms with E-state index in [9.17, 15) is 19.8 Å². The number of carbonyl (C=O) groups is 2. The van der Waals surface area contributed by atoms with Crippen molar-refractivity contribution in [1.82, 2.24) is 0 Å². The smallest absolute Gasteiger partial charge is 0.313 e. The monoisotopic (exact) mass is 586 g/mol. The molecule has 0 bridgehead atoms. The third kappa shape index (κ3) is 9.73. The summed E-state index contributed by atoms with van der Waals surface area (Å²) in [6, 6.07) is 7.45. The molecular formula is C34H50O8. The van der Waals surface area contributed by atoms with Gasteiger partial charge in [0, 0.05) is 0 Å². The molecule has 0 radical (unpaired) electrons. The zero-order chi connectivity index (χ0) is 31.4. The molecule has 0 aliphatic rings. The number of ether oxygens (including phenoxy) is 4. The fourth-order valence-electron chi connectivity index (χ4n) is 4.61. The van der Waals surface area contributed by atoms with Gasteiger partial charge in [-0.3, -0.25) is 9.59 Å². The number of phenols is 2. The van der Waals surface area contributed by atoms with E-state index in [-0.39, 0.29) is 61.7 Å². The molecular weight excluding hydrogens is 536 g/mol.